The van der Waals surface area contributed by atoms with Crippen molar-refractivity contribution in [2.24, 2.45) is 0 Å². The largest absolute Gasteiger partial charge is 0.489 e. The summed E-state index contributed by atoms with van der Waals surface area (Å²) in [4.78, 5) is 12.0. The molecule has 0 aliphatic rings. The number of hydrogen-bond donors (Lipinski definition) is 0. The van der Waals surface area contributed by atoms with E-state index in [-0.39, 0.29) is 5.63 Å². The van der Waals surface area contributed by atoms with Gasteiger partial charge in [-0.25, -0.2) is 4.79 Å². The van der Waals surface area contributed by atoms with Crippen LogP contribution in [0.1, 0.15) is 5.56 Å². The molecule has 0 aliphatic heterocycles. The van der Waals surface area contributed by atoms with Gasteiger partial charge in [0.15, 0.2) is 0 Å². The average Bonchev–Trinajstić information content (AvgIpc) is 2.67. The van der Waals surface area contributed by atoms with E-state index in [2.05, 4.69) is 0 Å². The third kappa shape index (κ3) is 3.48. The monoisotopic (exact) mass is 362 g/mol. The minimum absolute atomic E-state index is 0.383. The highest BCUT2D eigenvalue weighted by Gasteiger charge is 2.09. The molecule has 0 saturated carbocycles. The minimum atomic E-state index is -0.383. The maximum Gasteiger partial charge on any atom is 0.336 e. The van der Waals surface area contributed by atoms with Crippen LogP contribution in [-0.4, -0.2) is 0 Å². The number of hydrogen-bond acceptors (Lipinski definition) is 3. The normalized spacial score (nSPS) is 10.8. The molecule has 3 nitrogen and oxygen atoms in total. The summed E-state index contributed by atoms with van der Waals surface area (Å²) < 4.78 is 11.2. The molecule has 4 heteroatoms. The molecule has 0 amide bonds. The maximum atomic E-state index is 12.0. The van der Waals surface area contributed by atoms with E-state index in [0.717, 1.165) is 22.1 Å². The fourth-order valence-corrected chi connectivity index (χ4v) is 2.96. The lowest BCUT2D eigenvalue weighted by atomic mass is 10.0. The molecule has 1 aromatic heterocycles. The Kier molecular flexibility index (Phi) is 4.46. The Hall–Kier alpha value is -3.04. The van der Waals surface area contributed by atoms with Gasteiger partial charge in [0.1, 0.15) is 17.9 Å². The van der Waals surface area contributed by atoms with Gasteiger partial charge in [-0.15, -0.1) is 0 Å². The summed E-state index contributed by atoms with van der Waals surface area (Å²) in [7, 11) is 0. The zero-order valence-corrected chi connectivity index (χ0v) is 14.6. The van der Waals surface area contributed by atoms with Crippen LogP contribution < -0.4 is 10.4 Å². The molecule has 0 atom stereocenters. The molecule has 26 heavy (non-hydrogen) atoms. The van der Waals surface area contributed by atoms with E-state index < -0.39 is 0 Å². The van der Waals surface area contributed by atoms with E-state index in [9.17, 15) is 4.79 Å². The molecule has 0 bridgehead atoms. The van der Waals surface area contributed by atoms with Crippen molar-refractivity contribution in [1.29, 1.82) is 0 Å². The van der Waals surface area contributed by atoms with Gasteiger partial charge in [-0.05, 0) is 41.0 Å². The first-order chi connectivity index (χ1) is 12.7. The number of benzene rings is 3. The molecule has 0 saturated heterocycles. The lowest BCUT2D eigenvalue weighted by Crippen LogP contribution is -1.99. The molecule has 0 aliphatic carbocycles. The quantitative estimate of drug-likeness (QED) is 0.437. The van der Waals surface area contributed by atoms with Gasteiger partial charge in [-0.3, -0.25) is 0 Å². The van der Waals surface area contributed by atoms with Gasteiger partial charge >= 0.3 is 5.63 Å². The van der Waals surface area contributed by atoms with Crippen LogP contribution in [0.3, 0.4) is 0 Å². The summed E-state index contributed by atoms with van der Waals surface area (Å²) in [6.45, 7) is 0.408. The average molecular weight is 363 g/mol. The summed E-state index contributed by atoms with van der Waals surface area (Å²) in [5.41, 5.74) is 2.95. The predicted molar refractivity (Wildman–Crippen MR) is 104 cm³/mol. The molecule has 1 heterocycles. The summed E-state index contributed by atoms with van der Waals surface area (Å²) >= 11 is 5.89. The van der Waals surface area contributed by atoms with Gasteiger partial charge in [-0.1, -0.05) is 54.1 Å². The number of rotatable bonds is 4. The van der Waals surface area contributed by atoms with E-state index in [0.29, 0.717) is 23.0 Å². The standard InChI is InChI=1S/C22H15ClO3/c23-17-8-6-15(7-9-17)14-25-18-10-11-19-20(16-4-2-1-3-5-16)13-22(24)26-21(19)12-18/h1-13H,14H2. The van der Waals surface area contributed by atoms with Crippen LogP contribution >= 0.6 is 11.6 Å². The molecular formula is C22H15ClO3. The smallest absolute Gasteiger partial charge is 0.336 e. The maximum absolute atomic E-state index is 12.0. The molecule has 128 valence electrons. The zero-order valence-electron chi connectivity index (χ0n) is 13.8. The van der Waals surface area contributed by atoms with Gasteiger partial charge in [-0.2, -0.15) is 0 Å². The van der Waals surface area contributed by atoms with Crippen LogP contribution in [0.15, 0.2) is 88.1 Å². The second-order valence-electron chi connectivity index (χ2n) is 5.92. The fourth-order valence-electron chi connectivity index (χ4n) is 2.84. The predicted octanol–water partition coefficient (Wildman–Crippen LogP) is 5.69. The highest BCUT2D eigenvalue weighted by Crippen LogP contribution is 2.29. The fraction of sp³-hybridized carbons (Fsp3) is 0.0455. The first kappa shape index (κ1) is 16.4. The Morgan fingerprint density at radius 1 is 0.885 bits per heavy atom. The molecule has 0 fully saturated rings. The van der Waals surface area contributed by atoms with Crippen LogP contribution in [0.5, 0.6) is 5.75 Å². The van der Waals surface area contributed by atoms with Gasteiger partial charge in [0.05, 0.1) is 0 Å². The lowest BCUT2D eigenvalue weighted by Gasteiger charge is -2.09. The van der Waals surface area contributed by atoms with Crippen molar-refractivity contribution < 1.29 is 9.15 Å². The zero-order chi connectivity index (χ0) is 17.9. The van der Waals surface area contributed by atoms with E-state index >= 15 is 0 Å². The number of halogens is 1. The van der Waals surface area contributed by atoms with Crippen LogP contribution in [-0.2, 0) is 6.61 Å². The lowest BCUT2D eigenvalue weighted by molar-refractivity contribution is 0.306. The third-order valence-electron chi connectivity index (χ3n) is 4.12. The number of fused-ring (bicyclic) bond motifs is 1. The van der Waals surface area contributed by atoms with Crippen molar-refractivity contribution in [3.05, 3.63) is 99.9 Å². The van der Waals surface area contributed by atoms with E-state index in [1.165, 1.54) is 6.07 Å². The first-order valence-corrected chi connectivity index (χ1v) is 8.57. The topological polar surface area (TPSA) is 39.4 Å². The Labute approximate surface area is 155 Å². The van der Waals surface area contributed by atoms with Crippen molar-refractivity contribution in [2.75, 3.05) is 0 Å². The van der Waals surface area contributed by atoms with E-state index in [4.69, 9.17) is 20.8 Å². The summed E-state index contributed by atoms with van der Waals surface area (Å²) in [6, 6.07) is 24.3. The second-order valence-corrected chi connectivity index (χ2v) is 6.35. The Bertz CT molecular complexity index is 1100. The Morgan fingerprint density at radius 2 is 1.65 bits per heavy atom. The SMILES string of the molecule is O=c1cc(-c2ccccc2)c2ccc(OCc3ccc(Cl)cc3)cc2o1. The third-order valence-corrected chi connectivity index (χ3v) is 4.37. The summed E-state index contributed by atoms with van der Waals surface area (Å²) in [5, 5.41) is 1.56. The molecule has 4 rings (SSSR count). The molecule has 3 aromatic carbocycles. The molecule has 0 N–H and O–H groups in total. The highest BCUT2D eigenvalue weighted by molar-refractivity contribution is 6.30. The van der Waals surface area contributed by atoms with Gasteiger partial charge in [0.25, 0.3) is 0 Å². The Balaban J connectivity index is 1.67. The van der Waals surface area contributed by atoms with E-state index in [1.54, 1.807) is 6.07 Å². The van der Waals surface area contributed by atoms with Gasteiger partial charge in [0.2, 0.25) is 0 Å². The first-order valence-electron chi connectivity index (χ1n) is 8.20. The minimum Gasteiger partial charge on any atom is -0.489 e. The Morgan fingerprint density at radius 3 is 2.42 bits per heavy atom. The van der Waals surface area contributed by atoms with Crippen LogP contribution in [0, 0.1) is 0 Å². The summed E-state index contributed by atoms with van der Waals surface area (Å²) in [5.74, 6) is 0.640. The molecule has 4 aromatic rings. The van der Waals surface area contributed by atoms with Crippen molar-refractivity contribution in [3.63, 3.8) is 0 Å². The van der Waals surface area contributed by atoms with E-state index in [1.807, 2.05) is 66.7 Å². The van der Waals surface area contributed by atoms with Crippen LogP contribution in [0.4, 0.5) is 0 Å². The number of ether oxygens (including phenoxy) is 1. The molecular weight excluding hydrogens is 348 g/mol. The van der Waals surface area contributed by atoms with Crippen molar-refractivity contribution in [1.82, 2.24) is 0 Å². The molecule has 0 unspecified atom stereocenters. The van der Waals surface area contributed by atoms with Gasteiger partial charge in [0, 0.05) is 22.5 Å². The van der Waals surface area contributed by atoms with Gasteiger partial charge < -0.3 is 9.15 Å². The van der Waals surface area contributed by atoms with Crippen LogP contribution in [0.2, 0.25) is 5.02 Å². The second kappa shape index (κ2) is 7.06. The molecule has 0 radical (unpaired) electrons. The van der Waals surface area contributed by atoms with Crippen molar-refractivity contribution >= 4 is 22.6 Å². The van der Waals surface area contributed by atoms with Crippen molar-refractivity contribution in [2.45, 2.75) is 6.61 Å². The van der Waals surface area contributed by atoms with Crippen molar-refractivity contribution in [3.8, 4) is 16.9 Å². The molecule has 0 spiro atoms. The summed E-state index contributed by atoms with van der Waals surface area (Å²) in [6.07, 6.45) is 0. The highest BCUT2D eigenvalue weighted by atomic mass is 35.5. The van der Waals surface area contributed by atoms with Crippen LogP contribution in [0.25, 0.3) is 22.1 Å².